The molecule has 0 bridgehead atoms. The second-order valence-corrected chi connectivity index (χ2v) is 6.48. The van der Waals surface area contributed by atoms with E-state index >= 15 is 0 Å². The van der Waals surface area contributed by atoms with E-state index in [0.717, 1.165) is 10.7 Å². The van der Waals surface area contributed by atoms with E-state index in [1.54, 1.807) is 29.7 Å². The van der Waals surface area contributed by atoms with E-state index in [0.29, 0.717) is 12.2 Å². The standard InChI is InChI=1S/C15H19N3O2S/c1-9(14-10(2)21-11(3)17-14)18(4)8-13-12(15(19)20)6-5-7-16-13/h5-7,9H,8H2,1-4H3,(H,19,20)/t9-/m0/s1. The molecule has 0 aliphatic carbocycles. The Bertz CT molecular complexity index is 654. The van der Waals surface area contributed by atoms with Crippen LogP contribution in [0.5, 0.6) is 0 Å². The van der Waals surface area contributed by atoms with Gasteiger partial charge in [0.15, 0.2) is 0 Å². The van der Waals surface area contributed by atoms with Gasteiger partial charge in [-0.25, -0.2) is 9.78 Å². The highest BCUT2D eigenvalue weighted by atomic mass is 32.1. The smallest absolute Gasteiger partial charge is 0.337 e. The van der Waals surface area contributed by atoms with Crippen LogP contribution in [0, 0.1) is 13.8 Å². The fraction of sp³-hybridized carbons (Fsp3) is 0.400. The summed E-state index contributed by atoms with van der Waals surface area (Å²) in [5.74, 6) is -0.945. The molecule has 1 N–H and O–H groups in total. The second kappa shape index (κ2) is 6.32. The number of hydrogen-bond donors (Lipinski definition) is 1. The van der Waals surface area contributed by atoms with Crippen molar-refractivity contribution in [2.75, 3.05) is 7.05 Å². The van der Waals surface area contributed by atoms with Gasteiger partial charge >= 0.3 is 5.97 Å². The fourth-order valence-corrected chi connectivity index (χ4v) is 3.18. The monoisotopic (exact) mass is 305 g/mol. The number of rotatable bonds is 5. The van der Waals surface area contributed by atoms with Crippen molar-refractivity contribution in [3.8, 4) is 0 Å². The summed E-state index contributed by atoms with van der Waals surface area (Å²) in [6.45, 7) is 6.60. The van der Waals surface area contributed by atoms with E-state index < -0.39 is 5.97 Å². The number of pyridine rings is 1. The third-order valence-electron chi connectivity index (χ3n) is 3.52. The van der Waals surface area contributed by atoms with Crippen LogP contribution in [0.2, 0.25) is 0 Å². The number of carboxylic acids is 1. The van der Waals surface area contributed by atoms with Crippen molar-refractivity contribution in [2.45, 2.75) is 33.4 Å². The van der Waals surface area contributed by atoms with Gasteiger partial charge in [-0.1, -0.05) is 0 Å². The zero-order chi connectivity index (χ0) is 15.6. The van der Waals surface area contributed by atoms with Crippen LogP contribution in [0.25, 0.3) is 0 Å². The third-order valence-corrected chi connectivity index (χ3v) is 4.42. The molecule has 0 unspecified atom stereocenters. The average molecular weight is 305 g/mol. The molecule has 2 rings (SSSR count). The molecule has 0 radical (unpaired) electrons. The first-order valence-electron chi connectivity index (χ1n) is 6.71. The molecule has 0 amide bonds. The van der Waals surface area contributed by atoms with Crippen LogP contribution in [0.1, 0.15) is 44.6 Å². The van der Waals surface area contributed by atoms with Crippen LogP contribution >= 0.6 is 11.3 Å². The first kappa shape index (κ1) is 15.6. The van der Waals surface area contributed by atoms with Crippen LogP contribution in [0.3, 0.4) is 0 Å². The first-order chi connectivity index (χ1) is 9.90. The number of nitrogens with zero attached hydrogens (tertiary/aromatic N) is 3. The van der Waals surface area contributed by atoms with Crippen molar-refractivity contribution in [1.29, 1.82) is 0 Å². The first-order valence-corrected chi connectivity index (χ1v) is 7.53. The van der Waals surface area contributed by atoms with Crippen molar-refractivity contribution < 1.29 is 9.90 Å². The van der Waals surface area contributed by atoms with E-state index in [1.165, 1.54) is 4.88 Å². The van der Waals surface area contributed by atoms with Gasteiger partial charge < -0.3 is 5.11 Å². The molecule has 2 aromatic rings. The number of aromatic carboxylic acids is 1. The number of carbonyl (C=O) groups is 1. The lowest BCUT2D eigenvalue weighted by Crippen LogP contribution is -2.24. The van der Waals surface area contributed by atoms with Crippen molar-refractivity contribution in [1.82, 2.24) is 14.9 Å². The minimum Gasteiger partial charge on any atom is -0.478 e. The predicted octanol–water partition coefficient (Wildman–Crippen LogP) is 3.05. The molecule has 2 heterocycles. The predicted molar refractivity (Wildman–Crippen MR) is 82.7 cm³/mol. The molecule has 0 saturated heterocycles. The summed E-state index contributed by atoms with van der Waals surface area (Å²) in [5, 5.41) is 10.3. The van der Waals surface area contributed by atoms with Crippen LogP contribution in [0.4, 0.5) is 0 Å². The molecule has 0 aromatic carbocycles. The second-order valence-electron chi connectivity index (χ2n) is 5.07. The van der Waals surface area contributed by atoms with E-state index in [2.05, 4.69) is 28.7 Å². The summed E-state index contributed by atoms with van der Waals surface area (Å²) in [6.07, 6.45) is 1.62. The minimum absolute atomic E-state index is 0.110. The van der Waals surface area contributed by atoms with Gasteiger partial charge in [0.25, 0.3) is 0 Å². The van der Waals surface area contributed by atoms with Gasteiger partial charge in [-0.3, -0.25) is 9.88 Å². The highest BCUT2D eigenvalue weighted by molar-refractivity contribution is 7.11. The molecular weight excluding hydrogens is 286 g/mol. The lowest BCUT2D eigenvalue weighted by atomic mass is 10.1. The van der Waals surface area contributed by atoms with Gasteiger partial charge in [-0.05, 0) is 40.0 Å². The summed E-state index contributed by atoms with van der Waals surface area (Å²) in [7, 11) is 1.96. The topological polar surface area (TPSA) is 66.3 Å². The average Bonchev–Trinajstić information content (AvgIpc) is 2.77. The normalized spacial score (nSPS) is 12.6. The van der Waals surface area contributed by atoms with Gasteiger partial charge in [0.2, 0.25) is 0 Å². The highest BCUT2D eigenvalue weighted by Crippen LogP contribution is 2.27. The Morgan fingerprint density at radius 1 is 1.48 bits per heavy atom. The summed E-state index contributed by atoms with van der Waals surface area (Å²) in [5.41, 5.74) is 1.87. The lowest BCUT2D eigenvalue weighted by Gasteiger charge is -2.24. The number of hydrogen-bond acceptors (Lipinski definition) is 5. The van der Waals surface area contributed by atoms with Gasteiger partial charge in [-0.15, -0.1) is 11.3 Å². The summed E-state index contributed by atoms with van der Waals surface area (Å²) < 4.78 is 0. The Morgan fingerprint density at radius 3 is 2.76 bits per heavy atom. The molecule has 5 nitrogen and oxygen atoms in total. The Balaban J connectivity index is 2.20. The van der Waals surface area contributed by atoms with Gasteiger partial charge in [-0.2, -0.15) is 0 Å². The molecule has 112 valence electrons. The van der Waals surface area contributed by atoms with E-state index in [1.807, 2.05) is 14.0 Å². The molecule has 2 aromatic heterocycles. The maximum absolute atomic E-state index is 11.2. The Hall–Kier alpha value is -1.79. The van der Waals surface area contributed by atoms with Crippen LogP contribution in [0.15, 0.2) is 18.3 Å². The number of aromatic nitrogens is 2. The minimum atomic E-state index is -0.945. The number of aryl methyl sites for hydroxylation is 2. The molecule has 1 atom stereocenters. The van der Waals surface area contributed by atoms with E-state index in [4.69, 9.17) is 0 Å². The fourth-order valence-electron chi connectivity index (χ4n) is 2.27. The number of carboxylic acid groups (broad SMARTS) is 1. The van der Waals surface area contributed by atoms with Crippen molar-refractivity contribution in [3.05, 3.63) is 45.2 Å². The van der Waals surface area contributed by atoms with Crippen molar-refractivity contribution in [2.24, 2.45) is 0 Å². The summed E-state index contributed by atoms with van der Waals surface area (Å²) in [4.78, 5) is 23.3. The Labute approximate surface area is 128 Å². The highest BCUT2D eigenvalue weighted by Gasteiger charge is 2.20. The molecule has 0 aliphatic heterocycles. The van der Waals surface area contributed by atoms with Gasteiger partial charge in [0, 0.05) is 17.6 Å². The molecule has 0 aliphatic rings. The van der Waals surface area contributed by atoms with Crippen LogP contribution in [-0.2, 0) is 6.54 Å². The molecular formula is C15H19N3O2S. The van der Waals surface area contributed by atoms with Crippen LogP contribution in [-0.4, -0.2) is 33.0 Å². The zero-order valence-electron chi connectivity index (χ0n) is 12.6. The largest absolute Gasteiger partial charge is 0.478 e. The quantitative estimate of drug-likeness (QED) is 0.919. The van der Waals surface area contributed by atoms with Gasteiger partial charge in [0.05, 0.1) is 28.0 Å². The number of thiazole rings is 1. The van der Waals surface area contributed by atoms with Gasteiger partial charge in [0.1, 0.15) is 0 Å². The third kappa shape index (κ3) is 3.46. The summed E-state index contributed by atoms with van der Waals surface area (Å²) in [6, 6.07) is 3.34. The molecule has 21 heavy (non-hydrogen) atoms. The molecule has 0 saturated carbocycles. The van der Waals surface area contributed by atoms with Crippen molar-refractivity contribution >= 4 is 17.3 Å². The molecule has 0 fully saturated rings. The van der Waals surface area contributed by atoms with E-state index in [-0.39, 0.29) is 11.6 Å². The summed E-state index contributed by atoms with van der Waals surface area (Å²) >= 11 is 1.68. The SMILES string of the molecule is Cc1nc([C@H](C)N(C)Cc2ncccc2C(=O)O)c(C)s1. The van der Waals surface area contributed by atoms with Crippen molar-refractivity contribution in [3.63, 3.8) is 0 Å². The Morgan fingerprint density at radius 2 is 2.19 bits per heavy atom. The maximum atomic E-state index is 11.2. The molecule has 6 heteroatoms. The zero-order valence-corrected chi connectivity index (χ0v) is 13.4. The maximum Gasteiger partial charge on any atom is 0.337 e. The van der Waals surface area contributed by atoms with Crippen LogP contribution < -0.4 is 0 Å². The lowest BCUT2D eigenvalue weighted by molar-refractivity contribution is 0.0693. The molecule has 0 spiro atoms. The Kier molecular flexibility index (Phi) is 4.69. The van der Waals surface area contributed by atoms with E-state index in [9.17, 15) is 9.90 Å².